The maximum atomic E-state index is 12.2. The van der Waals surface area contributed by atoms with E-state index < -0.39 is 4.92 Å². The standard InChI is InChI=1S/C15H22N4O3/c1-18(13-7-2-3-8-14(13)19(21)22)10-15(20)17-12-6-4-5-11(12)9-16/h2-3,7-8,11-12H,4-6,9-10,16H2,1H3,(H,17,20). The molecular weight excluding hydrogens is 284 g/mol. The van der Waals surface area contributed by atoms with Crippen LogP contribution in [-0.4, -0.2) is 37.0 Å². The number of rotatable bonds is 6. The van der Waals surface area contributed by atoms with Crippen molar-refractivity contribution in [2.75, 3.05) is 25.0 Å². The molecule has 120 valence electrons. The van der Waals surface area contributed by atoms with E-state index in [4.69, 9.17) is 5.73 Å². The predicted octanol–water partition coefficient (Wildman–Crippen LogP) is 1.27. The Bertz CT molecular complexity index is 549. The molecule has 3 N–H and O–H groups in total. The summed E-state index contributed by atoms with van der Waals surface area (Å²) in [6.07, 6.45) is 3.07. The van der Waals surface area contributed by atoms with Crippen molar-refractivity contribution in [2.45, 2.75) is 25.3 Å². The van der Waals surface area contributed by atoms with E-state index in [0.717, 1.165) is 19.3 Å². The third-order valence-electron chi connectivity index (χ3n) is 4.18. The van der Waals surface area contributed by atoms with Gasteiger partial charge in [-0.05, 0) is 31.4 Å². The van der Waals surface area contributed by atoms with Gasteiger partial charge in [-0.2, -0.15) is 0 Å². The molecule has 2 unspecified atom stereocenters. The molecule has 2 atom stereocenters. The van der Waals surface area contributed by atoms with Crippen molar-refractivity contribution in [1.82, 2.24) is 5.32 Å². The van der Waals surface area contributed by atoms with E-state index in [2.05, 4.69) is 5.32 Å². The number of anilines is 1. The number of hydrogen-bond donors (Lipinski definition) is 2. The molecule has 0 saturated heterocycles. The summed E-state index contributed by atoms with van der Waals surface area (Å²) in [7, 11) is 1.68. The second kappa shape index (κ2) is 7.22. The summed E-state index contributed by atoms with van der Waals surface area (Å²) in [5.41, 5.74) is 6.14. The molecule has 0 heterocycles. The Morgan fingerprint density at radius 2 is 2.18 bits per heavy atom. The van der Waals surface area contributed by atoms with Gasteiger partial charge < -0.3 is 16.0 Å². The minimum atomic E-state index is -0.439. The number of benzene rings is 1. The monoisotopic (exact) mass is 306 g/mol. The summed E-state index contributed by atoms with van der Waals surface area (Å²) >= 11 is 0. The van der Waals surface area contributed by atoms with Gasteiger partial charge in [0.25, 0.3) is 5.69 Å². The average molecular weight is 306 g/mol. The summed E-state index contributed by atoms with van der Waals surface area (Å²) in [6, 6.07) is 6.53. The quantitative estimate of drug-likeness (QED) is 0.609. The second-order valence-corrected chi connectivity index (χ2v) is 5.70. The smallest absolute Gasteiger partial charge is 0.292 e. The minimum absolute atomic E-state index is 0.00139. The largest absolute Gasteiger partial charge is 0.360 e. The first-order valence-corrected chi connectivity index (χ1v) is 7.47. The number of amides is 1. The van der Waals surface area contributed by atoms with Crippen LogP contribution in [0.25, 0.3) is 0 Å². The van der Waals surface area contributed by atoms with E-state index in [9.17, 15) is 14.9 Å². The zero-order chi connectivity index (χ0) is 16.1. The first kappa shape index (κ1) is 16.2. The Kier molecular flexibility index (Phi) is 5.32. The Hall–Kier alpha value is -2.15. The van der Waals surface area contributed by atoms with E-state index in [1.807, 2.05) is 0 Å². The molecule has 0 spiro atoms. The lowest BCUT2D eigenvalue weighted by molar-refractivity contribution is -0.384. The lowest BCUT2D eigenvalue weighted by Crippen LogP contribution is -2.44. The van der Waals surface area contributed by atoms with Crippen LogP contribution >= 0.6 is 0 Å². The number of carbonyl (C=O) groups is 1. The summed E-state index contributed by atoms with van der Waals surface area (Å²) in [5.74, 6) is 0.200. The van der Waals surface area contributed by atoms with Gasteiger partial charge in [-0.3, -0.25) is 14.9 Å². The number of hydrogen-bond acceptors (Lipinski definition) is 5. The molecule has 1 aliphatic carbocycles. The van der Waals surface area contributed by atoms with Crippen LogP contribution in [0.15, 0.2) is 24.3 Å². The number of nitrogens with one attached hydrogen (secondary N) is 1. The van der Waals surface area contributed by atoms with E-state index >= 15 is 0 Å². The van der Waals surface area contributed by atoms with Crippen molar-refractivity contribution in [3.63, 3.8) is 0 Å². The van der Waals surface area contributed by atoms with Gasteiger partial charge in [0.15, 0.2) is 0 Å². The van der Waals surface area contributed by atoms with Crippen LogP contribution in [0, 0.1) is 16.0 Å². The van der Waals surface area contributed by atoms with E-state index in [0.29, 0.717) is 18.2 Å². The maximum absolute atomic E-state index is 12.2. The maximum Gasteiger partial charge on any atom is 0.292 e. The SMILES string of the molecule is CN(CC(=O)NC1CCCC1CN)c1ccccc1[N+](=O)[O-]. The van der Waals surface area contributed by atoms with E-state index in [1.165, 1.54) is 6.07 Å². The van der Waals surface area contributed by atoms with Crippen LogP contribution in [0.5, 0.6) is 0 Å². The van der Waals surface area contributed by atoms with Crippen LogP contribution in [0.3, 0.4) is 0 Å². The summed E-state index contributed by atoms with van der Waals surface area (Å²) in [6.45, 7) is 0.656. The summed E-state index contributed by atoms with van der Waals surface area (Å²) < 4.78 is 0. The number of nitrogens with two attached hydrogens (primary N) is 1. The highest BCUT2D eigenvalue weighted by Gasteiger charge is 2.28. The molecule has 1 aromatic carbocycles. The molecule has 7 heteroatoms. The number of nitro benzene ring substituents is 1. The zero-order valence-electron chi connectivity index (χ0n) is 12.7. The lowest BCUT2D eigenvalue weighted by atomic mass is 10.0. The number of likely N-dealkylation sites (N-methyl/N-ethyl adjacent to an activating group) is 1. The summed E-state index contributed by atoms with van der Waals surface area (Å²) in [4.78, 5) is 24.4. The summed E-state index contributed by atoms with van der Waals surface area (Å²) in [5, 5.41) is 14.0. The lowest BCUT2D eigenvalue weighted by Gasteiger charge is -2.23. The molecule has 1 fully saturated rings. The normalized spacial score (nSPS) is 20.6. The predicted molar refractivity (Wildman–Crippen MR) is 84.7 cm³/mol. The van der Waals surface area contributed by atoms with Crippen molar-refractivity contribution >= 4 is 17.3 Å². The topological polar surface area (TPSA) is 102 Å². The Balaban J connectivity index is 1.98. The molecule has 1 saturated carbocycles. The second-order valence-electron chi connectivity index (χ2n) is 5.70. The molecule has 0 bridgehead atoms. The molecule has 1 aliphatic rings. The van der Waals surface area contributed by atoms with Crippen molar-refractivity contribution < 1.29 is 9.72 Å². The van der Waals surface area contributed by atoms with Gasteiger partial charge in [0.05, 0.1) is 11.5 Å². The molecule has 1 amide bonds. The van der Waals surface area contributed by atoms with Gasteiger partial charge in [-0.1, -0.05) is 18.6 Å². The van der Waals surface area contributed by atoms with Crippen LogP contribution in [0.1, 0.15) is 19.3 Å². The van der Waals surface area contributed by atoms with Crippen molar-refractivity contribution in [1.29, 1.82) is 0 Å². The molecule has 22 heavy (non-hydrogen) atoms. The van der Waals surface area contributed by atoms with Gasteiger partial charge >= 0.3 is 0 Å². The van der Waals surface area contributed by atoms with E-state index in [-0.39, 0.29) is 24.2 Å². The van der Waals surface area contributed by atoms with Gasteiger partial charge in [0.2, 0.25) is 5.91 Å². The first-order valence-electron chi connectivity index (χ1n) is 7.47. The average Bonchev–Trinajstić information content (AvgIpc) is 2.94. The third kappa shape index (κ3) is 3.73. The molecule has 0 aliphatic heterocycles. The number of carbonyl (C=O) groups excluding carboxylic acids is 1. The van der Waals surface area contributed by atoms with Gasteiger partial charge in [0, 0.05) is 19.2 Å². The van der Waals surface area contributed by atoms with Gasteiger partial charge in [-0.25, -0.2) is 0 Å². The van der Waals surface area contributed by atoms with Crippen LogP contribution in [0.4, 0.5) is 11.4 Å². The number of para-hydroxylation sites is 2. The Morgan fingerprint density at radius 1 is 1.45 bits per heavy atom. The molecule has 7 nitrogen and oxygen atoms in total. The fourth-order valence-electron chi connectivity index (χ4n) is 3.00. The van der Waals surface area contributed by atoms with Gasteiger partial charge in [-0.15, -0.1) is 0 Å². The molecule has 0 radical (unpaired) electrons. The highest BCUT2D eigenvalue weighted by Crippen LogP contribution is 2.27. The first-order chi connectivity index (χ1) is 10.5. The zero-order valence-corrected chi connectivity index (χ0v) is 12.7. The highest BCUT2D eigenvalue weighted by molar-refractivity contribution is 5.82. The molecule has 1 aromatic rings. The number of nitrogens with zero attached hydrogens (tertiary/aromatic N) is 2. The van der Waals surface area contributed by atoms with Gasteiger partial charge in [0.1, 0.15) is 5.69 Å². The fourth-order valence-corrected chi connectivity index (χ4v) is 3.00. The van der Waals surface area contributed by atoms with Crippen molar-refractivity contribution in [2.24, 2.45) is 11.7 Å². The molecular formula is C15H22N4O3. The minimum Gasteiger partial charge on any atom is -0.360 e. The third-order valence-corrected chi connectivity index (χ3v) is 4.18. The fraction of sp³-hybridized carbons (Fsp3) is 0.533. The van der Waals surface area contributed by atoms with E-state index in [1.54, 1.807) is 30.1 Å². The van der Waals surface area contributed by atoms with Crippen LogP contribution in [-0.2, 0) is 4.79 Å². The van der Waals surface area contributed by atoms with Crippen molar-refractivity contribution in [3.8, 4) is 0 Å². The number of nitro groups is 1. The van der Waals surface area contributed by atoms with Crippen molar-refractivity contribution in [3.05, 3.63) is 34.4 Å². The van der Waals surface area contributed by atoms with Crippen LogP contribution in [0.2, 0.25) is 0 Å². The Labute approximate surface area is 129 Å². The highest BCUT2D eigenvalue weighted by atomic mass is 16.6. The Morgan fingerprint density at radius 3 is 2.86 bits per heavy atom. The molecule has 0 aromatic heterocycles. The molecule has 2 rings (SSSR count). The van der Waals surface area contributed by atoms with Crippen LogP contribution < -0.4 is 16.0 Å².